The predicted molar refractivity (Wildman–Crippen MR) is 99.2 cm³/mol. The zero-order valence-electron chi connectivity index (χ0n) is 15.1. The van der Waals surface area contributed by atoms with Gasteiger partial charge in [-0.15, -0.1) is 11.3 Å². The van der Waals surface area contributed by atoms with E-state index in [1.165, 1.54) is 9.75 Å². The van der Waals surface area contributed by atoms with Crippen LogP contribution in [0, 0.1) is 12.3 Å². The highest BCUT2D eigenvalue weighted by molar-refractivity contribution is 7.11. The molecule has 0 aromatic carbocycles. The van der Waals surface area contributed by atoms with Gasteiger partial charge in [0.25, 0.3) is 0 Å². The van der Waals surface area contributed by atoms with Gasteiger partial charge < -0.3 is 16.0 Å². The van der Waals surface area contributed by atoms with Crippen molar-refractivity contribution in [3.63, 3.8) is 0 Å². The van der Waals surface area contributed by atoms with Crippen LogP contribution in [0.2, 0.25) is 0 Å². The molecule has 0 saturated heterocycles. The molecule has 23 heavy (non-hydrogen) atoms. The average Bonchev–Trinajstić information content (AvgIpc) is 2.89. The first-order chi connectivity index (χ1) is 10.8. The van der Waals surface area contributed by atoms with Crippen LogP contribution in [0.3, 0.4) is 0 Å². The summed E-state index contributed by atoms with van der Waals surface area (Å²) >= 11 is 1.83. The standard InChI is InChI=1S/C17H30N4OS/c1-7-19-16(20-11-17(4,5)15(22)18-6)21-12(2)10-14-9-8-13(3)23-14/h8-9,12H,7,10-11H2,1-6H3,(H,18,22)(H2,19,20,21). The molecule has 1 rings (SSSR count). The molecule has 1 unspecified atom stereocenters. The van der Waals surface area contributed by atoms with Crippen molar-refractivity contribution < 1.29 is 4.79 Å². The number of thiophene rings is 1. The van der Waals surface area contributed by atoms with Crippen LogP contribution in [0.5, 0.6) is 0 Å². The third kappa shape index (κ3) is 6.60. The molecular formula is C17H30N4OS. The Morgan fingerprint density at radius 1 is 1.39 bits per heavy atom. The first kappa shape index (κ1) is 19.5. The quantitative estimate of drug-likeness (QED) is 0.528. The number of hydrogen-bond donors (Lipinski definition) is 3. The third-order valence-electron chi connectivity index (χ3n) is 3.50. The summed E-state index contributed by atoms with van der Waals surface area (Å²) in [6, 6.07) is 4.60. The second kappa shape index (κ2) is 8.91. The SMILES string of the molecule is CCNC(=NCC(C)(C)C(=O)NC)NC(C)Cc1ccc(C)s1. The highest BCUT2D eigenvalue weighted by atomic mass is 32.1. The van der Waals surface area contributed by atoms with E-state index in [0.29, 0.717) is 6.54 Å². The van der Waals surface area contributed by atoms with Crippen LogP contribution in [0.25, 0.3) is 0 Å². The minimum Gasteiger partial charge on any atom is -0.359 e. The van der Waals surface area contributed by atoms with Gasteiger partial charge in [0.1, 0.15) is 0 Å². The number of guanidine groups is 1. The lowest BCUT2D eigenvalue weighted by atomic mass is 9.93. The van der Waals surface area contributed by atoms with Crippen LogP contribution in [0.1, 0.15) is 37.4 Å². The van der Waals surface area contributed by atoms with Crippen LogP contribution in [0.4, 0.5) is 0 Å². The van der Waals surface area contributed by atoms with Gasteiger partial charge in [-0.3, -0.25) is 9.79 Å². The highest BCUT2D eigenvalue weighted by Gasteiger charge is 2.26. The fourth-order valence-corrected chi connectivity index (χ4v) is 3.21. The van der Waals surface area contributed by atoms with Crippen molar-refractivity contribution in [2.75, 3.05) is 20.1 Å². The molecule has 5 nitrogen and oxygen atoms in total. The zero-order chi connectivity index (χ0) is 17.5. The number of hydrogen-bond acceptors (Lipinski definition) is 3. The van der Waals surface area contributed by atoms with E-state index in [1.807, 2.05) is 32.1 Å². The number of carbonyl (C=O) groups is 1. The number of amides is 1. The van der Waals surface area contributed by atoms with E-state index in [9.17, 15) is 4.79 Å². The highest BCUT2D eigenvalue weighted by Crippen LogP contribution is 2.17. The summed E-state index contributed by atoms with van der Waals surface area (Å²) in [4.78, 5) is 19.1. The molecule has 0 spiro atoms. The summed E-state index contributed by atoms with van der Waals surface area (Å²) in [6.45, 7) is 11.3. The van der Waals surface area contributed by atoms with Gasteiger partial charge in [-0.25, -0.2) is 0 Å². The second-order valence-corrected chi connectivity index (χ2v) is 7.79. The van der Waals surface area contributed by atoms with Gasteiger partial charge in [0.05, 0.1) is 12.0 Å². The molecule has 1 heterocycles. The Bertz CT molecular complexity index is 536. The maximum Gasteiger partial charge on any atom is 0.227 e. The molecule has 1 atom stereocenters. The Kier molecular flexibility index (Phi) is 7.55. The van der Waals surface area contributed by atoms with Gasteiger partial charge in [-0.2, -0.15) is 0 Å². The van der Waals surface area contributed by atoms with Crippen LogP contribution >= 0.6 is 11.3 Å². The molecule has 0 aliphatic heterocycles. The van der Waals surface area contributed by atoms with Gasteiger partial charge >= 0.3 is 0 Å². The Labute approximate surface area is 144 Å². The van der Waals surface area contributed by atoms with Crippen molar-refractivity contribution in [1.29, 1.82) is 0 Å². The summed E-state index contributed by atoms with van der Waals surface area (Å²) in [5.74, 6) is 0.754. The zero-order valence-corrected chi connectivity index (χ0v) is 15.9. The maximum atomic E-state index is 11.8. The molecule has 130 valence electrons. The van der Waals surface area contributed by atoms with Gasteiger partial charge in [-0.05, 0) is 46.8 Å². The summed E-state index contributed by atoms with van der Waals surface area (Å²) in [7, 11) is 1.66. The minimum absolute atomic E-state index is 0.000734. The van der Waals surface area contributed by atoms with Crippen LogP contribution in [-0.2, 0) is 11.2 Å². The predicted octanol–water partition coefficient (Wildman–Crippen LogP) is 2.31. The lowest BCUT2D eigenvalue weighted by Gasteiger charge is -2.22. The minimum atomic E-state index is -0.523. The lowest BCUT2D eigenvalue weighted by Crippen LogP contribution is -2.44. The monoisotopic (exact) mass is 338 g/mol. The van der Waals surface area contributed by atoms with E-state index in [2.05, 4.69) is 46.9 Å². The third-order valence-corrected chi connectivity index (χ3v) is 4.53. The number of carbonyl (C=O) groups excluding carboxylic acids is 1. The summed E-state index contributed by atoms with van der Waals surface area (Å²) in [5.41, 5.74) is -0.523. The first-order valence-electron chi connectivity index (χ1n) is 8.10. The molecule has 0 bridgehead atoms. The van der Waals surface area contributed by atoms with Crippen molar-refractivity contribution >= 4 is 23.2 Å². The molecule has 1 amide bonds. The summed E-state index contributed by atoms with van der Waals surface area (Å²) < 4.78 is 0. The Morgan fingerprint density at radius 2 is 2.09 bits per heavy atom. The molecule has 0 aliphatic rings. The van der Waals surface area contributed by atoms with Crippen molar-refractivity contribution in [3.8, 4) is 0 Å². The van der Waals surface area contributed by atoms with Crippen molar-refractivity contribution in [3.05, 3.63) is 21.9 Å². The molecule has 0 fully saturated rings. The summed E-state index contributed by atoms with van der Waals surface area (Å²) in [6.07, 6.45) is 0.960. The van der Waals surface area contributed by atoms with E-state index >= 15 is 0 Å². The van der Waals surface area contributed by atoms with Crippen LogP contribution in [0.15, 0.2) is 17.1 Å². The smallest absolute Gasteiger partial charge is 0.227 e. The molecule has 6 heteroatoms. The maximum absolute atomic E-state index is 11.8. The molecule has 3 N–H and O–H groups in total. The molecule has 0 aliphatic carbocycles. The van der Waals surface area contributed by atoms with Crippen molar-refractivity contribution in [2.45, 2.75) is 47.1 Å². The fraction of sp³-hybridized carbons (Fsp3) is 0.647. The largest absolute Gasteiger partial charge is 0.359 e. The Balaban J connectivity index is 2.66. The average molecular weight is 339 g/mol. The first-order valence-corrected chi connectivity index (χ1v) is 8.92. The topological polar surface area (TPSA) is 65.5 Å². The van der Waals surface area contributed by atoms with E-state index in [-0.39, 0.29) is 11.9 Å². The van der Waals surface area contributed by atoms with E-state index in [0.717, 1.165) is 18.9 Å². The summed E-state index contributed by atoms with van der Waals surface area (Å²) in [5, 5.41) is 9.35. The van der Waals surface area contributed by atoms with Crippen LogP contribution in [-0.4, -0.2) is 38.0 Å². The van der Waals surface area contributed by atoms with Crippen LogP contribution < -0.4 is 16.0 Å². The normalized spacial score (nSPS) is 13.6. The van der Waals surface area contributed by atoms with Gasteiger partial charge in [0, 0.05) is 35.8 Å². The molecule has 1 aromatic heterocycles. The lowest BCUT2D eigenvalue weighted by molar-refractivity contribution is -0.128. The van der Waals surface area contributed by atoms with Gasteiger partial charge in [0.2, 0.25) is 5.91 Å². The number of aryl methyl sites for hydroxylation is 1. The number of nitrogens with one attached hydrogen (secondary N) is 3. The second-order valence-electron chi connectivity index (χ2n) is 6.42. The van der Waals surface area contributed by atoms with Crippen molar-refractivity contribution in [2.24, 2.45) is 10.4 Å². The van der Waals surface area contributed by atoms with E-state index in [4.69, 9.17) is 0 Å². The fourth-order valence-electron chi connectivity index (χ4n) is 2.19. The van der Waals surface area contributed by atoms with E-state index < -0.39 is 5.41 Å². The molecule has 1 aromatic rings. The molecule has 0 radical (unpaired) electrons. The Morgan fingerprint density at radius 3 is 2.61 bits per heavy atom. The van der Waals surface area contributed by atoms with Crippen molar-refractivity contribution in [1.82, 2.24) is 16.0 Å². The Hall–Kier alpha value is -1.56. The van der Waals surface area contributed by atoms with Gasteiger partial charge in [-0.1, -0.05) is 0 Å². The van der Waals surface area contributed by atoms with Gasteiger partial charge in [0.15, 0.2) is 5.96 Å². The number of nitrogens with zero attached hydrogens (tertiary/aromatic N) is 1. The number of rotatable bonds is 7. The number of aliphatic imine (C=N–C) groups is 1. The molecule has 0 saturated carbocycles. The van der Waals surface area contributed by atoms with E-state index in [1.54, 1.807) is 7.05 Å². The molecular weight excluding hydrogens is 308 g/mol.